The van der Waals surface area contributed by atoms with Gasteiger partial charge in [-0.3, -0.25) is 0 Å². The lowest BCUT2D eigenvalue weighted by Gasteiger charge is -2.30. The summed E-state index contributed by atoms with van der Waals surface area (Å²) in [4.78, 5) is 0. The van der Waals surface area contributed by atoms with Gasteiger partial charge in [0, 0.05) is 24.1 Å². The van der Waals surface area contributed by atoms with E-state index in [9.17, 15) is 5.11 Å². The lowest BCUT2D eigenvalue weighted by Crippen LogP contribution is -2.32. The number of benzene rings is 1. The zero-order chi connectivity index (χ0) is 13.1. The topological polar surface area (TPSA) is 64.7 Å². The van der Waals surface area contributed by atoms with Gasteiger partial charge >= 0.3 is 0 Å². The molecule has 0 aromatic heterocycles. The third-order valence-electron chi connectivity index (χ3n) is 2.98. The lowest BCUT2D eigenvalue weighted by molar-refractivity contribution is 0.132. The first-order valence-corrected chi connectivity index (χ1v) is 5.54. The van der Waals surface area contributed by atoms with Crippen LogP contribution in [-0.4, -0.2) is 25.9 Å². The third-order valence-corrected chi connectivity index (χ3v) is 2.98. The lowest BCUT2D eigenvalue weighted by atomic mass is 9.82. The van der Waals surface area contributed by atoms with E-state index in [1.54, 1.807) is 20.3 Å². The minimum atomic E-state index is -0.391. The van der Waals surface area contributed by atoms with Crippen LogP contribution in [0, 0.1) is 5.41 Å². The molecule has 0 unspecified atom stereocenters. The predicted octanol–water partition coefficient (Wildman–Crippen LogP) is 1.72. The highest BCUT2D eigenvalue weighted by molar-refractivity contribution is 5.40. The van der Waals surface area contributed by atoms with Gasteiger partial charge in [-0.1, -0.05) is 13.8 Å². The Morgan fingerprint density at radius 2 is 1.65 bits per heavy atom. The molecule has 0 aliphatic heterocycles. The summed E-state index contributed by atoms with van der Waals surface area (Å²) >= 11 is 0. The molecule has 1 atom stereocenters. The largest absolute Gasteiger partial charge is 0.497 e. The Bertz CT molecular complexity index is 355. The van der Waals surface area contributed by atoms with Crippen molar-refractivity contribution in [1.29, 1.82) is 0 Å². The molecule has 0 saturated carbocycles. The number of hydrogen-bond acceptors (Lipinski definition) is 4. The van der Waals surface area contributed by atoms with Crippen LogP contribution in [0.15, 0.2) is 18.2 Å². The first-order chi connectivity index (χ1) is 7.94. The number of hydrogen-bond donors (Lipinski definition) is 2. The molecule has 1 aromatic carbocycles. The fraction of sp³-hybridized carbons (Fsp3) is 0.538. The minimum absolute atomic E-state index is 0.0215. The molecule has 1 rings (SSSR count). The van der Waals surface area contributed by atoms with Crippen LogP contribution in [0.3, 0.4) is 0 Å². The summed E-state index contributed by atoms with van der Waals surface area (Å²) in [6.07, 6.45) is 0. The van der Waals surface area contributed by atoms with E-state index in [2.05, 4.69) is 0 Å². The van der Waals surface area contributed by atoms with Gasteiger partial charge < -0.3 is 20.3 Å². The molecule has 4 nitrogen and oxygen atoms in total. The third kappa shape index (κ3) is 3.11. The summed E-state index contributed by atoms with van der Waals surface area (Å²) in [7, 11) is 3.20. The fourth-order valence-electron chi connectivity index (χ4n) is 1.56. The SMILES string of the molecule is COc1cc(OC)cc([C@@H](N)C(C)(C)CO)c1. The van der Waals surface area contributed by atoms with Gasteiger partial charge in [-0.05, 0) is 17.7 Å². The van der Waals surface area contributed by atoms with Gasteiger partial charge in [0.2, 0.25) is 0 Å². The molecule has 0 saturated heterocycles. The van der Waals surface area contributed by atoms with Crippen LogP contribution in [0.5, 0.6) is 11.5 Å². The van der Waals surface area contributed by atoms with Crippen LogP contribution in [0.2, 0.25) is 0 Å². The molecule has 0 bridgehead atoms. The summed E-state index contributed by atoms with van der Waals surface area (Å²) in [6, 6.07) is 5.24. The van der Waals surface area contributed by atoms with Gasteiger partial charge in [-0.25, -0.2) is 0 Å². The minimum Gasteiger partial charge on any atom is -0.497 e. The maximum atomic E-state index is 9.34. The Morgan fingerprint density at radius 1 is 1.18 bits per heavy atom. The van der Waals surface area contributed by atoms with Gasteiger partial charge in [-0.15, -0.1) is 0 Å². The maximum absolute atomic E-state index is 9.34. The summed E-state index contributed by atoms with van der Waals surface area (Å²) in [6.45, 7) is 3.86. The molecule has 1 aromatic rings. The Morgan fingerprint density at radius 3 is 2.00 bits per heavy atom. The molecule has 4 heteroatoms. The highest BCUT2D eigenvalue weighted by Crippen LogP contribution is 2.34. The molecule has 0 radical (unpaired) electrons. The van der Waals surface area contributed by atoms with Crippen molar-refractivity contribution in [1.82, 2.24) is 0 Å². The first-order valence-electron chi connectivity index (χ1n) is 5.54. The number of aliphatic hydroxyl groups is 1. The molecular weight excluding hydrogens is 218 g/mol. The number of nitrogens with two attached hydrogens (primary N) is 1. The van der Waals surface area contributed by atoms with E-state index in [4.69, 9.17) is 15.2 Å². The number of methoxy groups -OCH3 is 2. The average molecular weight is 239 g/mol. The molecule has 96 valence electrons. The van der Waals surface area contributed by atoms with Crippen molar-refractivity contribution in [2.75, 3.05) is 20.8 Å². The second kappa shape index (κ2) is 5.38. The smallest absolute Gasteiger partial charge is 0.122 e. The summed E-state index contributed by atoms with van der Waals surface area (Å²) < 4.78 is 10.4. The van der Waals surface area contributed by atoms with Crippen molar-refractivity contribution < 1.29 is 14.6 Å². The quantitative estimate of drug-likeness (QED) is 0.821. The van der Waals surface area contributed by atoms with Crippen LogP contribution in [0.1, 0.15) is 25.5 Å². The molecule has 0 spiro atoms. The van der Waals surface area contributed by atoms with Gasteiger partial charge in [0.1, 0.15) is 11.5 Å². The van der Waals surface area contributed by atoms with E-state index in [0.29, 0.717) is 11.5 Å². The standard InChI is InChI=1S/C13H21NO3/c1-13(2,8-15)12(14)9-5-10(16-3)7-11(6-9)17-4/h5-7,12,15H,8,14H2,1-4H3/t12-/m1/s1. The monoisotopic (exact) mass is 239 g/mol. The van der Waals surface area contributed by atoms with Crippen LogP contribution in [0.25, 0.3) is 0 Å². The Hall–Kier alpha value is -1.26. The van der Waals surface area contributed by atoms with Crippen LogP contribution in [0.4, 0.5) is 0 Å². The van der Waals surface area contributed by atoms with E-state index in [1.165, 1.54) is 0 Å². The Labute approximate surface area is 102 Å². The van der Waals surface area contributed by atoms with E-state index < -0.39 is 5.41 Å². The van der Waals surface area contributed by atoms with Crippen molar-refractivity contribution in [3.63, 3.8) is 0 Å². The number of ether oxygens (including phenoxy) is 2. The van der Waals surface area contributed by atoms with Crippen LogP contribution in [-0.2, 0) is 0 Å². The molecule has 0 amide bonds. The summed E-state index contributed by atoms with van der Waals surface area (Å²) in [5.74, 6) is 1.40. The van der Waals surface area contributed by atoms with E-state index in [0.717, 1.165) is 5.56 Å². The predicted molar refractivity (Wildman–Crippen MR) is 67.3 cm³/mol. The highest BCUT2D eigenvalue weighted by Gasteiger charge is 2.27. The second-order valence-corrected chi connectivity index (χ2v) is 4.77. The van der Waals surface area contributed by atoms with Gasteiger partial charge in [0.05, 0.1) is 14.2 Å². The van der Waals surface area contributed by atoms with Crippen molar-refractivity contribution in [3.05, 3.63) is 23.8 Å². The number of rotatable bonds is 5. The molecular formula is C13H21NO3. The number of aliphatic hydroxyl groups excluding tert-OH is 1. The molecule has 0 fully saturated rings. The normalized spacial score (nSPS) is 13.3. The summed E-state index contributed by atoms with van der Waals surface area (Å²) in [5.41, 5.74) is 6.66. The average Bonchev–Trinajstić information content (AvgIpc) is 2.36. The van der Waals surface area contributed by atoms with Gasteiger partial charge in [0.25, 0.3) is 0 Å². The molecule has 0 aliphatic carbocycles. The van der Waals surface area contributed by atoms with E-state index >= 15 is 0 Å². The van der Waals surface area contributed by atoms with Crippen molar-refractivity contribution in [2.24, 2.45) is 11.1 Å². The fourth-order valence-corrected chi connectivity index (χ4v) is 1.56. The Kier molecular flexibility index (Phi) is 4.37. The molecule has 3 N–H and O–H groups in total. The van der Waals surface area contributed by atoms with Crippen molar-refractivity contribution in [2.45, 2.75) is 19.9 Å². The Balaban J connectivity index is 3.12. The molecule has 0 heterocycles. The highest BCUT2D eigenvalue weighted by atomic mass is 16.5. The first kappa shape index (κ1) is 13.8. The van der Waals surface area contributed by atoms with Crippen molar-refractivity contribution in [3.8, 4) is 11.5 Å². The van der Waals surface area contributed by atoms with Crippen LogP contribution >= 0.6 is 0 Å². The zero-order valence-corrected chi connectivity index (χ0v) is 10.9. The maximum Gasteiger partial charge on any atom is 0.122 e. The van der Waals surface area contributed by atoms with E-state index in [1.807, 2.05) is 26.0 Å². The molecule has 17 heavy (non-hydrogen) atoms. The molecule has 0 aliphatic rings. The van der Waals surface area contributed by atoms with E-state index in [-0.39, 0.29) is 12.6 Å². The van der Waals surface area contributed by atoms with Crippen LogP contribution < -0.4 is 15.2 Å². The van der Waals surface area contributed by atoms with Gasteiger partial charge in [-0.2, -0.15) is 0 Å². The van der Waals surface area contributed by atoms with Gasteiger partial charge in [0.15, 0.2) is 0 Å². The second-order valence-electron chi connectivity index (χ2n) is 4.77. The summed E-state index contributed by atoms with van der Waals surface area (Å²) in [5, 5.41) is 9.34. The zero-order valence-electron chi connectivity index (χ0n) is 10.9. The van der Waals surface area contributed by atoms with Crippen molar-refractivity contribution >= 4 is 0 Å².